The molecule has 6 aromatic rings. The Labute approximate surface area is 260 Å². The van der Waals surface area contributed by atoms with Gasteiger partial charge in [0.2, 0.25) is 5.12 Å². The van der Waals surface area contributed by atoms with Crippen LogP contribution in [0.5, 0.6) is 0 Å². The summed E-state index contributed by atoms with van der Waals surface area (Å²) >= 11 is 7.73. The molecule has 0 spiro atoms. The van der Waals surface area contributed by atoms with Crippen molar-refractivity contribution in [2.24, 2.45) is 9.49 Å². The molecule has 212 valence electrons. The van der Waals surface area contributed by atoms with Gasteiger partial charge in [-0.3, -0.25) is 0 Å². The van der Waals surface area contributed by atoms with Gasteiger partial charge >= 0.3 is 0 Å². The zero-order valence-electron chi connectivity index (χ0n) is 24.0. The molecule has 6 aromatic carbocycles. The Morgan fingerprint density at radius 3 is 0.674 bits per heavy atom. The lowest BCUT2D eigenvalue weighted by atomic mass is 10.4. The third kappa shape index (κ3) is 5.84. The van der Waals surface area contributed by atoms with E-state index in [4.69, 9.17) is 21.1 Å². The molecule has 0 aliphatic carbocycles. The minimum absolute atomic E-state index is 1.14. The molecule has 0 fully saturated rings. The van der Waals surface area contributed by atoms with E-state index in [9.17, 15) is 0 Å². The van der Waals surface area contributed by atoms with Crippen molar-refractivity contribution in [1.29, 1.82) is 0 Å². The van der Waals surface area contributed by atoms with Gasteiger partial charge in [-0.2, -0.15) is 0 Å². The first-order valence-electron chi connectivity index (χ1n) is 14.3. The minimum Gasteiger partial charge on any atom is -0.246 e. The van der Waals surface area contributed by atoms with E-state index in [0.717, 1.165) is 31.8 Å². The van der Waals surface area contributed by atoms with Crippen molar-refractivity contribution in [3.63, 3.8) is 0 Å². The van der Waals surface area contributed by atoms with Gasteiger partial charge in [0.15, 0.2) is 0 Å². The van der Waals surface area contributed by atoms with Crippen LogP contribution in [0.1, 0.15) is 6.92 Å². The molecule has 5 heteroatoms. The summed E-state index contributed by atoms with van der Waals surface area (Å²) < 4.78 is 11.5. The smallest absolute Gasteiger partial charge is 0.221 e. The molecule has 0 bridgehead atoms. The van der Waals surface area contributed by atoms with Crippen LogP contribution in [0, 0.1) is 0 Å². The lowest BCUT2D eigenvalue weighted by Gasteiger charge is -2.33. The highest BCUT2D eigenvalue weighted by atomic mass is 35.5. The molecule has 0 amide bonds. The van der Waals surface area contributed by atoms with Gasteiger partial charge in [0.1, 0.15) is 0 Å². The molecule has 0 aliphatic heterocycles. The maximum absolute atomic E-state index is 7.73. The first-order chi connectivity index (χ1) is 21.0. The number of halogens is 1. The summed E-state index contributed by atoms with van der Waals surface area (Å²) in [5.41, 5.74) is 0. The van der Waals surface area contributed by atoms with E-state index in [0.29, 0.717) is 0 Å². The van der Waals surface area contributed by atoms with Crippen molar-refractivity contribution in [3.05, 3.63) is 182 Å². The van der Waals surface area contributed by atoms with Crippen molar-refractivity contribution >= 4 is 57.5 Å². The Balaban J connectivity index is 1.77. The Kier molecular flexibility index (Phi) is 8.64. The van der Waals surface area contributed by atoms with Crippen LogP contribution in [0.25, 0.3) is 0 Å². The van der Waals surface area contributed by atoms with Crippen LogP contribution < -0.4 is 31.8 Å². The van der Waals surface area contributed by atoms with Gasteiger partial charge in [-0.05, 0) is 6.92 Å². The molecule has 0 radical (unpaired) electrons. The van der Waals surface area contributed by atoms with Crippen LogP contribution in [0.15, 0.2) is 191 Å². The largest absolute Gasteiger partial charge is 0.246 e. The van der Waals surface area contributed by atoms with Crippen molar-refractivity contribution in [2.45, 2.75) is 12.0 Å². The van der Waals surface area contributed by atoms with Gasteiger partial charge in [-0.25, -0.2) is 9.49 Å². The molecular weight excluding hydrogens is 582 g/mol. The predicted molar refractivity (Wildman–Crippen MR) is 189 cm³/mol. The van der Waals surface area contributed by atoms with Crippen molar-refractivity contribution in [2.75, 3.05) is 0 Å². The zero-order valence-corrected chi connectivity index (χ0v) is 26.5. The summed E-state index contributed by atoms with van der Waals surface area (Å²) in [6.07, 6.45) is 0. The average molecular weight is 615 g/mol. The molecule has 0 N–H and O–H groups in total. The van der Waals surface area contributed by atoms with Crippen LogP contribution in [-0.4, -0.2) is 5.12 Å². The standard InChI is InChI=1S/C38H33ClN2P2/c1-38(39,40-42(32-20-8-2-9-21-32,33-22-10-3-11-23-33)34-24-12-4-13-25-34)41-43(35-26-14-5-15-27-35,36-28-16-6-17-29-36)37-30-18-7-19-31-37/h2-31H,1H3. The van der Waals surface area contributed by atoms with E-state index in [1.807, 2.05) is 6.92 Å². The predicted octanol–water partition coefficient (Wildman–Crippen LogP) is 8.25. The van der Waals surface area contributed by atoms with Crippen molar-refractivity contribution < 1.29 is 0 Å². The number of rotatable bonds is 8. The summed E-state index contributed by atoms with van der Waals surface area (Å²) in [7, 11) is -5.24. The Morgan fingerprint density at radius 1 is 0.349 bits per heavy atom. The molecule has 2 nitrogen and oxygen atoms in total. The number of nitrogens with zero attached hydrogens (tertiary/aromatic N) is 2. The first kappa shape index (κ1) is 29.2. The van der Waals surface area contributed by atoms with E-state index < -0.39 is 19.2 Å². The number of hydrogen-bond acceptors (Lipinski definition) is 2. The number of benzene rings is 6. The van der Waals surface area contributed by atoms with E-state index in [1.54, 1.807) is 0 Å². The van der Waals surface area contributed by atoms with E-state index in [-0.39, 0.29) is 0 Å². The Hall–Kier alpha value is -3.93. The molecule has 0 unspecified atom stereocenters. The second-order valence-corrected chi connectivity index (χ2v) is 17.1. The van der Waals surface area contributed by atoms with Gasteiger partial charge in [0.05, 0.1) is 14.1 Å². The summed E-state index contributed by atoms with van der Waals surface area (Å²) in [4.78, 5) is 0. The van der Waals surface area contributed by atoms with Crippen LogP contribution in [0.4, 0.5) is 0 Å². The highest BCUT2D eigenvalue weighted by Crippen LogP contribution is 2.54. The minimum atomic E-state index is -2.62. The van der Waals surface area contributed by atoms with Crippen LogP contribution in [0.2, 0.25) is 0 Å². The second-order valence-electron chi connectivity index (χ2n) is 10.4. The van der Waals surface area contributed by atoms with Gasteiger partial charge in [-0.15, -0.1) is 0 Å². The fraction of sp³-hybridized carbons (Fsp3) is 0.0526. The number of hydrogen-bond donors (Lipinski definition) is 0. The maximum atomic E-state index is 7.73. The molecule has 0 saturated carbocycles. The third-order valence-corrected chi connectivity index (χ3v) is 15.5. The lowest BCUT2D eigenvalue weighted by Crippen LogP contribution is -2.30. The molecule has 6 rings (SSSR count). The molecule has 43 heavy (non-hydrogen) atoms. The first-order valence-corrected chi connectivity index (χ1v) is 18.2. The highest BCUT2D eigenvalue weighted by Gasteiger charge is 2.36. The fourth-order valence-electron chi connectivity index (χ4n) is 5.67. The summed E-state index contributed by atoms with van der Waals surface area (Å²) in [6.45, 7) is 1.96. The second kappa shape index (κ2) is 12.7. The normalized spacial score (nSPS) is 12.0. The maximum Gasteiger partial charge on any atom is 0.221 e. The highest BCUT2D eigenvalue weighted by molar-refractivity contribution is 7.88. The van der Waals surface area contributed by atoms with Crippen LogP contribution in [-0.2, 0) is 0 Å². The van der Waals surface area contributed by atoms with Gasteiger partial charge in [0.25, 0.3) is 0 Å². The molecule has 0 aromatic heterocycles. The van der Waals surface area contributed by atoms with Crippen LogP contribution >= 0.6 is 25.7 Å². The Bertz CT molecular complexity index is 1530. The SMILES string of the molecule is CC(Cl)(N=P(c1ccccc1)(c1ccccc1)c1ccccc1)N=P(c1ccccc1)(c1ccccc1)c1ccccc1. The van der Waals surface area contributed by atoms with Gasteiger partial charge in [-0.1, -0.05) is 194 Å². The molecule has 0 heterocycles. The van der Waals surface area contributed by atoms with Crippen molar-refractivity contribution in [3.8, 4) is 0 Å². The average Bonchev–Trinajstić information content (AvgIpc) is 3.08. The molecule has 0 aliphatic rings. The van der Waals surface area contributed by atoms with E-state index >= 15 is 0 Å². The Morgan fingerprint density at radius 2 is 0.512 bits per heavy atom. The number of alkyl halides is 1. The third-order valence-electron chi connectivity index (χ3n) is 7.44. The fourth-order valence-corrected chi connectivity index (χ4v) is 13.7. The van der Waals surface area contributed by atoms with E-state index in [2.05, 4.69) is 182 Å². The van der Waals surface area contributed by atoms with Gasteiger partial charge in [0, 0.05) is 31.8 Å². The summed E-state index contributed by atoms with van der Waals surface area (Å²) in [6, 6.07) is 63.5. The molecular formula is C38H33ClN2P2. The summed E-state index contributed by atoms with van der Waals surface area (Å²) in [5.74, 6) is 0. The zero-order chi connectivity index (χ0) is 29.6. The van der Waals surface area contributed by atoms with Crippen molar-refractivity contribution in [1.82, 2.24) is 0 Å². The topological polar surface area (TPSA) is 24.7 Å². The van der Waals surface area contributed by atoms with Crippen LogP contribution in [0.3, 0.4) is 0 Å². The molecule has 0 saturated heterocycles. The van der Waals surface area contributed by atoms with Gasteiger partial charge < -0.3 is 0 Å². The van der Waals surface area contributed by atoms with E-state index in [1.165, 1.54) is 0 Å². The molecule has 0 atom stereocenters. The monoisotopic (exact) mass is 614 g/mol. The summed E-state index contributed by atoms with van der Waals surface area (Å²) in [5, 5.41) is 5.53. The lowest BCUT2D eigenvalue weighted by molar-refractivity contribution is 0.727. The quantitative estimate of drug-likeness (QED) is 0.0937.